The highest BCUT2D eigenvalue weighted by Gasteiger charge is 2.45. The van der Waals surface area contributed by atoms with Crippen molar-refractivity contribution in [3.8, 4) is 5.75 Å². The first-order valence-electron chi connectivity index (χ1n) is 28.6. The molecule has 9 rings (SSSR count). The van der Waals surface area contributed by atoms with E-state index in [1.165, 1.54) is 4.90 Å². The quantitative estimate of drug-likeness (QED) is 0.0646. The van der Waals surface area contributed by atoms with Gasteiger partial charge in [0.2, 0.25) is 35.4 Å². The topological polar surface area (TPSA) is 280 Å². The van der Waals surface area contributed by atoms with Crippen LogP contribution in [0.4, 0.5) is 4.79 Å². The van der Waals surface area contributed by atoms with E-state index in [0.29, 0.717) is 49.4 Å². The maximum absolute atomic E-state index is 15.5. The number of nitrogens with one attached hydrogen (secondary N) is 8. The molecule has 5 aromatic rings. The van der Waals surface area contributed by atoms with Gasteiger partial charge in [-0.3, -0.25) is 33.8 Å². The number of piperidine rings is 1. The maximum atomic E-state index is 15.5. The second kappa shape index (κ2) is 28.4. The van der Waals surface area contributed by atoms with Gasteiger partial charge < -0.3 is 62.3 Å². The number of dihydropyridines is 1. The Labute approximate surface area is 477 Å². The Hall–Kier alpha value is -8.36. The molecule has 4 aliphatic rings. The summed E-state index contributed by atoms with van der Waals surface area (Å²) in [7, 11) is 0. The van der Waals surface area contributed by atoms with Crippen LogP contribution in [-0.4, -0.2) is 139 Å². The minimum atomic E-state index is -1.33. The van der Waals surface area contributed by atoms with Gasteiger partial charge in [0.1, 0.15) is 54.7 Å². The van der Waals surface area contributed by atoms with Crippen LogP contribution in [0.5, 0.6) is 5.75 Å². The first-order chi connectivity index (χ1) is 39.8. The van der Waals surface area contributed by atoms with Crippen LogP contribution in [0.25, 0.3) is 10.9 Å². The van der Waals surface area contributed by atoms with Crippen molar-refractivity contribution in [2.75, 3.05) is 32.7 Å². The van der Waals surface area contributed by atoms with Gasteiger partial charge >= 0.3 is 6.09 Å². The number of hydrogen-bond acceptors (Lipinski definition) is 12. The minimum Gasteiger partial charge on any atom is -0.489 e. The number of aryl methyl sites for hydroxylation is 1. The molecule has 3 fully saturated rings. The second-order valence-corrected chi connectivity index (χ2v) is 21.8. The number of hydrogen-bond donors (Lipinski definition) is 9. The third-order valence-electron chi connectivity index (χ3n) is 15.6. The molecule has 0 bridgehead atoms. The Balaban J connectivity index is 1.11. The average Bonchev–Trinajstić information content (AvgIpc) is 4.23. The predicted molar refractivity (Wildman–Crippen MR) is 310 cm³/mol. The number of nitrogens with zero attached hydrogens (tertiary/aromatic N) is 2. The van der Waals surface area contributed by atoms with Crippen molar-refractivity contribution in [3.63, 3.8) is 0 Å². The number of carbonyl (C=O) groups excluding carboxylic acids is 7. The monoisotopic (exact) mass is 1120 g/mol. The number of rotatable bonds is 17. The van der Waals surface area contributed by atoms with Crippen molar-refractivity contribution in [1.82, 2.24) is 47.1 Å². The van der Waals surface area contributed by atoms with E-state index in [0.717, 1.165) is 40.4 Å². The fourth-order valence-electron chi connectivity index (χ4n) is 11.1. The Morgan fingerprint density at radius 1 is 0.695 bits per heavy atom. The number of ether oxygens (including phenoxy) is 2. The van der Waals surface area contributed by atoms with Gasteiger partial charge in [0.05, 0.1) is 12.6 Å². The molecular weight excluding hydrogens is 1040 g/mol. The van der Waals surface area contributed by atoms with Crippen molar-refractivity contribution < 1.29 is 43.0 Å². The number of nitrogens with two attached hydrogens (primary N) is 1. The number of benzene rings is 4. The summed E-state index contributed by atoms with van der Waals surface area (Å²) in [6.07, 6.45) is 6.02. The number of carbonyl (C=O) groups is 7. The lowest BCUT2D eigenvalue weighted by molar-refractivity contribution is -0.143. The fourth-order valence-corrected chi connectivity index (χ4v) is 11.1. The van der Waals surface area contributed by atoms with Crippen molar-refractivity contribution >= 4 is 58.7 Å². The van der Waals surface area contributed by atoms with E-state index in [1.807, 2.05) is 97.9 Å². The molecule has 7 amide bonds. The zero-order chi connectivity index (χ0) is 57.4. The summed E-state index contributed by atoms with van der Waals surface area (Å²) < 4.78 is 11.9. The Bertz CT molecular complexity index is 3070. The molecule has 20 nitrogen and oxygen atoms in total. The van der Waals surface area contributed by atoms with E-state index in [1.54, 1.807) is 36.7 Å². The smallest absolute Gasteiger partial charge is 0.407 e. The molecule has 10 N–H and O–H groups in total. The molecule has 5 heterocycles. The van der Waals surface area contributed by atoms with E-state index in [2.05, 4.69) is 47.2 Å². The summed E-state index contributed by atoms with van der Waals surface area (Å²) in [5.41, 5.74) is 10.4. The van der Waals surface area contributed by atoms with Crippen LogP contribution in [0.15, 0.2) is 132 Å². The standard InChI is InChI=1S/C62H75N11O9/c1-39-16-17-44(35-66-39)32-54-61(79)73-37-47(82-62(80)65-29-26-63)34-55(73)60(78)68-50(23-20-40-10-4-2-5-11-40)56(74)71-53(33-45-36-67-49-15-9-8-14-48(45)49)59(77)70-52(31-42-24-27-64-28-25-42)57(75)69-51(58(76)72-54)30-41-18-21-46(22-19-41)81-38-43-12-6-3-7-13-43/h2-15,17-19,21-22,35-36,39,42,47,50-55,64,67H,16,20,23-34,37-38,63H2,1H3,(H,65,80)(H,68,78)(H,69,75)(H,70,77)(H,71,74)(H,72,76)/t39?,47-,50?,51+,52+,53-,54+,55+/m1/s1. The van der Waals surface area contributed by atoms with Gasteiger partial charge in [0.15, 0.2) is 0 Å². The third-order valence-corrected chi connectivity index (χ3v) is 15.6. The van der Waals surface area contributed by atoms with Crippen molar-refractivity contribution in [1.29, 1.82) is 0 Å². The summed E-state index contributed by atoms with van der Waals surface area (Å²) in [6.45, 7) is 3.71. The van der Waals surface area contributed by atoms with Crippen molar-refractivity contribution in [2.45, 2.75) is 126 Å². The molecule has 82 heavy (non-hydrogen) atoms. The fraction of sp³-hybridized carbons (Fsp3) is 0.419. The second-order valence-electron chi connectivity index (χ2n) is 21.8. The third kappa shape index (κ3) is 16.0. The number of aliphatic imine (C=N–C) groups is 1. The lowest BCUT2D eigenvalue weighted by Gasteiger charge is -2.32. The molecule has 0 radical (unpaired) electrons. The van der Waals surface area contributed by atoms with Crippen molar-refractivity contribution in [2.24, 2.45) is 16.6 Å². The Kier molecular flexibility index (Phi) is 20.2. The molecule has 432 valence electrons. The number of fused-ring (bicyclic) bond motifs is 2. The molecule has 0 aliphatic carbocycles. The number of alkyl carbamates (subject to hydrolysis) is 1. The average molecular weight is 1120 g/mol. The first kappa shape index (κ1) is 58.3. The van der Waals surface area contributed by atoms with Gasteiger partial charge in [-0.05, 0) is 110 Å². The zero-order valence-corrected chi connectivity index (χ0v) is 46.3. The predicted octanol–water partition coefficient (Wildman–Crippen LogP) is 3.83. The molecule has 8 atom stereocenters. The highest BCUT2D eigenvalue weighted by atomic mass is 16.6. The van der Waals surface area contributed by atoms with Crippen LogP contribution in [0.2, 0.25) is 0 Å². The lowest BCUT2D eigenvalue weighted by Crippen LogP contribution is -2.62. The van der Waals surface area contributed by atoms with Crippen LogP contribution < -0.4 is 47.7 Å². The van der Waals surface area contributed by atoms with E-state index >= 15 is 28.8 Å². The number of para-hydroxylation sites is 1. The highest BCUT2D eigenvalue weighted by Crippen LogP contribution is 2.27. The van der Waals surface area contributed by atoms with Gasteiger partial charge in [-0.1, -0.05) is 97.1 Å². The number of amides is 7. The summed E-state index contributed by atoms with van der Waals surface area (Å²) in [5, 5.41) is 21.7. The lowest BCUT2D eigenvalue weighted by atomic mass is 9.90. The molecule has 20 heteroatoms. The molecule has 0 spiro atoms. The molecule has 3 saturated heterocycles. The van der Waals surface area contributed by atoms with Crippen molar-refractivity contribution in [3.05, 3.63) is 149 Å². The molecule has 4 aromatic carbocycles. The molecular formula is C62H75N11O9. The number of aromatic amines is 1. The molecule has 0 saturated carbocycles. The Morgan fingerprint density at radius 3 is 2.04 bits per heavy atom. The van der Waals surface area contributed by atoms with Crippen LogP contribution in [0.1, 0.15) is 74.1 Å². The molecule has 4 aliphatic heterocycles. The zero-order valence-electron chi connectivity index (χ0n) is 46.3. The van der Waals surface area contributed by atoms with Gasteiger partial charge in [0, 0.05) is 62.1 Å². The summed E-state index contributed by atoms with van der Waals surface area (Å²) in [5.74, 6) is -3.44. The first-order valence-corrected chi connectivity index (χ1v) is 28.6. The summed E-state index contributed by atoms with van der Waals surface area (Å²) in [6, 6.07) is 26.2. The minimum absolute atomic E-state index is 0.00367. The van der Waals surface area contributed by atoms with E-state index in [4.69, 9.17) is 15.2 Å². The summed E-state index contributed by atoms with van der Waals surface area (Å²) in [4.78, 5) is 114. The number of aromatic nitrogens is 1. The van der Waals surface area contributed by atoms with E-state index < -0.39 is 83.9 Å². The van der Waals surface area contributed by atoms with E-state index in [-0.39, 0.29) is 70.1 Å². The van der Waals surface area contributed by atoms with Gasteiger partial charge in [-0.2, -0.15) is 0 Å². The van der Waals surface area contributed by atoms with Crippen LogP contribution in [0.3, 0.4) is 0 Å². The maximum Gasteiger partial charge on any atom is 0.407 e. The number of H-pyrrole nitrogens is 1. The van der Waals surface area contributed by atoms with Gasteiger partial charge in [-0.25, -0.2) is 4.79 Å². The highest BCUT2D eigenvalue weighted by molar-refractivity contribution is 5.99. The van der Waals surface area contributed by atoms with Gasteiger partial charge in [-0.15, -0.1) is 0 Å². The largest absolute Gasteiger partial charge is 0.489 e. The molecule has 2 unspecified atom stereocenters. The van der Waals surface area contributed by atoms with Crippen LogP contribution in [0, 0.1) is 5.92 Å². The SMILES string of the molecule is CC1CC=C(C[C@@H]2NC(=O)[C@H](Cc3ccc(OCc4ccccc4)cc3)NC(=O)[C@H](CC3CCNCC3)NC(=O)[C@@H](Cc3c[nH]c4ccccc34)NC(=O)C(CCc3ccccc3)NC(=O)[C@@H]3C[C@@H](OC(=O)NCCN)CN3C2=O)C=N1. The molecule has 1 aromatic heterocycles. The normalized spacial score (nSPS) is 24.2. The van der Waals surface area contributed by atoms with Gasteiger partial charge in [0.25, 0.3) is 0 Å². The van der Waals surface area contributed by atoms with Crippen LogP contribution >= 0.6 is 0 Å². The Morgan fingerprint density at radius 2 is 1.33 bits per heavy atom. The van der Waals surface area contributed by atoms with E-state index in [9.17, 15) is 4.79 Å². The van der Waals surface area contributed by atoms with Crippen LogP contribution in [-0.2, 0) is 59.4 Å². The summed E-state index contributed by atoms with van der Waals surface area (Å²) >= 11 is 0.